The van der Waals surface area contributed by atoms with Crippen molar-refractivity contribution in [2.75, 3.05) is 7.05 Å². The zero-order valence-electron chi connectivity index (χ0n) is 9.07. The predicted molar refractivity (Wildman–Crippen MR) is 67.5 cm³/mol. The molecule has 2 aromatic rings. The van der Waals surface area contributed by atoms with E-state index in [0.29, 0.717) is 0 Å². The molecule has 0 fully saturated rings. The minimum atomic E-state index is -0.0496. The van der Waals surface area contributed by atoms with Gasteiger partial charge in [0.2, 0.25) is 0 Å². The second-order valence-corrected chi connectivity index (χ2v) is 5.70. The van der Waals surface area contributed by atoms with E-state index in [-0.39, 0.29) is 5.54 Å². The molecule has 0 saturated heterocycles. The molecule has 0 radical (unpaired) electrons. The van der Waals surface area contributed by atoms with Crippen molar-refractivity contribution in [2.24, 2.45) is 0 Å². The minimum Gasteiger partial charge on any atom is -0.310 e. The Labute approximate surface area is 98.0 Å². The number of hydrogen-bond donors (Lipinski definition) is 1. The highest BCUT2D eigenvalue weighted by atomic mass is 32.1. The van der Waals surface area contributed by atoms with Crippen LogP contribution in [0, 0.1) is 0 Å². The molecule has 0 aromatic carbocycles. The third-order valence-electron chi connectivity index (χ3n) is 2.50. The van der Waals surface area contributed by atoms with Crippen molar-refractivity contribution in [1.82, 2.24) is 10.3 Å². The van der Waals surface area contributed by atoms with E-state index < -0.39 is 0 Å². The van der Waals surface area contributed by atoms with Gasteiger partial charge in [0.05, 0.1) is 16.1 Å². The summed E-state index contributed by atoms with van der Waals surface area (Å²) in [6.45, 7) is 4.28. The molecule has 1 N–H and O–H groups in total. The first-order chi connectivity index (χ1) is 7.13. The standard InChI is InChI=1S/C11H14N2S2/c1-11(2,12-3)9-7-15-10(13-9)8-5-4-6-14-8/h4-7,12H,1-3H3. The van der Waals surface area contributed by atoms with Crippen molar-refractivity contribution in [1.29, 1.82) is 0 Å². The summed E-state index contributed by atoms with van der Waals surface area (Å²) < 4.78 is 0. The van der Waals surface area contributed by atoms with E-state index in [1.54, 1.807) is 22.7 Å². The van der Waals surface area contributed by atoms with E-state index in [0.717, 1.165) is 10.7 Å². The van der Waals surface area contributed by atoms with Gasteiger partial charge in [-0.3, -0.25) is 0 Å². The van der Waals surface area contributed by atoms with Crippen molar-refractivity contribution in [3.63, 3.8) is 0 Å². The topological polar surface area (TPSA) is 24.9 Å². The van der Waals surface area contributed by atoms with Crippen LogP contribution in [0.4, 0.5) is 0 Å². The molecule has 0 spiro atoms. The van der Waals surface area contributed by atoms with Gasteiger partial charge in [-0.25, -0.2) is 4.98 Å². The summed E-state index contributed by atoms with van der Waals surface area (Å²) in [5.74, 6) is 0. The smallest absolute Gasteiger partial charge is 0.133 e. The van der Waals surface area contributed by atoms with Crippen LogP contribution < -0.4 is 5.32 Å². The van der Waals surface area contributed by atoms with Crippen LogP contribution in [-0.2, 0) is 5.54 Å². The Morgan fingerprint density at radius 3 is 2.73 bits per heavy atom. The Kier molecular flexibility index (Phi) is 2.91. The highest BCUT2D eigenvalue weighted by Gasteiger charge is 2.21. The normalized spacial score (nSPS) is 11.9. The second kappa shape index (κ2) is 4.04. The monoisotopic (exact) mass is 238 g/mol. The Hall–Kier alpha value is -0.710. The molecule has 0 amide bonds. The van der Waals surface area contributed by atoms with Crippen LogP contribution in [-0.4, -0.2) is 12.0 Å². The molecule has 0 aliphatic carbocycles. The molecule has 80 valence electrons. The van der Waals surface area contributed by atoms with Crippen LogP contribution in [0.15, 0.2) is 22.9 Å². The SMILES string of the molecule is CNC(C)(C)c1csc(-c2cccs2)n1. The number of rotatable bonds is 3. The summed E-state index contributed by atoms with van der Waals surface area (Å²) >= 11 is 3.44. The van der Waals surface area contributed by atoms with Gasteiger partial charge in [-0.15, -0.1) is 22.7 Å². The molecule has 2 rings (SSSR count). The molecule has 0 aliphatic heterocycles. The van der Waals surface area contributed by atoms with Crippen LogP contribution in [0.3, 0.4) is 0 Å². The molecule has 0 atom stereocenters. The summed E-state index contributed by atoms with van der Waals surface area (Å²) in [6, 6.07) is 4.17. The zero-order valence-corrected chi connectivity index (χ0v) is 10.7. The van der Waals surface area contributed by atoms with Gasteiger partial charge in [-0.1, -0.05) is 6.07 Å². The zero-order chi connectivity index (χ0) is 10.9. The number of thiophene rings is 1. The molecular formula is C11H14N2S2. The van der Waals surface area contributed by atoms with Crippen molar-refractivity contribution >= 4 is 22.7 Å². The first kappa shape index (κ1) is 10.8. The first-order valence-electron chi connectivity index (χ1n) is 4.82. The second-order valence-electron chi connectivity index (χ2n) is 3.89. The summed E-state index contributed by atoms with van der Waals surface area (Å²) in [7, 11) is 1.96. The van der Waals surface area contributed by atoms with Gasteiger partial charge < -0.3 is 5.32 Å². The lowest BCUT2D eigenvalue weighted by Crippen LogP contribution is -2.33. The van der Waals surface area contributed by atoms with Gasteiger partial charge in [0.15, 0.2) is 0 Å². The summed E-state index contributed by atoms with van der Waals surface area (Å²) in [4.78, 5) is 5.91. The Balaban J connectivity index is 2.33. The molecule has 0 bridgehead atoms. The van der Waals surface area contributed by atoms with E-state index >= 15 is 0 Å². The third kappa shape index (κ3) is 2.12. The van der Waals surface area contributed by atoms with E-state index in [1.807, 2.05) is 7.05 Å². The Morgan fingerprint density at radius 2 is 2.13 bits per heavy atom. The number of thiazole rings is 1. The van der Waals surface area contributed by atoms with E-state index in [9.17, 15) is 0 Å². The van der Waals surface area contributed by atoms with Crippen LogP contribution in [0.2, 0.25) is 0 Å². The molecule has 2 aromatic heterocycles. The molecule has 0 aliphatic rings. The largest absolute Gasteiger partial charge is 0.310 e. The number of nitrogens with zero attached hydrogens (tertiary/aromatic N) is 1. The molecule has 4 heteroatoms. The molecule has 0 unspecified atom stereocenters. The fraction of sp³-hybridized carbons (Fsp3) is 0.364. The lowest BCUT2D eigenvalue weighted by atomic mass is 10.0. The number of nitrogens with one attached hydrogen (secondary N) is 1. The molecule has 0 saturated carbocycles. The fourth-order valence-electron chi connectivity index (χ4n) is 1.20. The van der Waals surface area contributed by atoms with Crippen molar-refractivity contribution in [3.05, 3.63) is 28.6 Å². The van der Waals surface area contributed by atoms with Crippen molar-refractivity contribution in [2.45, 2.75) is 19.4 Å². The minimum absolute atomic E-state index is 0.0496. The number of aromatic nitrogens is 1. The average molecular weight is 238 g/mol. The third-order valence-corrected chi connectivity index (χ3v) is 4.38. The fourth-order valence-corrected chi connectivity index (χ4v) is 3.00. The van der Waals surface area contributed by atoms with Gasteiger partial charge in [-0.2, -0.15) is 0 Å². The van der Waals surface area contributed by atoms with E-state index in [2.05, 4.69) is 47.0 Å². The van der Waals surface area contributed by atoms with Gasteiger partial charge in [0, 0.05) is 5.38 Å². The maximum absolute atomic E-state index is 4.66. The molecule has 2 heterocycles. The summed E-state index contributed by atoms with van der Waals surface area (Å²) in [5, 5.41) is 8.59. The Morgan fingerprint density at radius 1 is 1.33 bits per heavy atom. The Bertz CT molecular complexity index is 429. The van der Waals surface area contributed by atoms with Crippen LogP contribution >= 0.6 is 22.7 Å². The lowest BCUT2D eigenvalue weighted by Gasteiger charge is -2.21. The molecule has 15 heavy (non-hydrogen) atoms. The van der Waals surface area contributed by atoms with Crippen molar-refractivity contribution < 1.29 is 0 Å². The van der Waals surface area contributed by atoms with E-state index in [4.69, 9.17) is 0 Å². The maximum atomic E-state index is 4.66. The van der Waals surface area contributed by atoms with Crippen LogP contribution in [0.25, 0.3) is 9.88 Å². The van der Waals surface area contributed by atoms with Gasteiger partial charge in [-0.05, 0) is 32.3 Å². The highest BCUT2D eigenvalue weighted by Crippen LogP contribution is 2.30. The number of hydrogen-bond acceptors (Lipinski definition) is 4. The highest BCUT2D eigenvalue weighted by molar-refractivity contribution is 7.20. The van der Waals surface area contributed by atoms with Gasteiger partial charge >= 0.3 is 0 Å². The average Bonchev–Trinajstić information content (AvgIpc) is 2.88. The maximum Gasteiger partial charge on any atom is 0.133 e. The van der Waals surface area contributed by atoms with Gasteiger partial charge in [0.1, 0.15) is 5.01 Å². The molecular weight excluding hydrogens is 224 g/mol. The first-order valence-corrected chi connectivity index (χ1v) is 6.58. The quantitative estimate of drug-likeness (QED) is 0.887. The van der Waals surface area contributed by atoms with E-state index in [1.165, 1.54) is 4.88 Å². The predicted octanol–water partition coefficient (Wildman–Crippen LogP) is 3.33. The van der Waals surface area contributed by atoms with Crippen LogP contribution in [0.1, 0.15) is 19.5 Å². The summed E-state index contributed by atoms with van der Waals surface area (Å²) in [6.07, 6.45) is 0. The lowest BCUT2D eigenvalue weighted by molar-refractivity contribution is 0.434. The van der Waals surface area contributed by atoms with Crippen LogP contribution in [0.5, 0.6) is 0 Å². The van der Waals surface area contributed by atoms with Gasteiger partial charge in [0.25, 0.3) is 0 Å². The summed E-state index contributed by atoms with van der Waals surface area (Å²) in [5.41, 5.74) is 1.06. The van der Waals surface area contributed by atoms with Crippen molar-refractivity contribution in [3.8, 4) is 9.88 Å². The molecule has 2 nitrogen and oxygen atoms in total.